The first kappa shape index (κ1) is 9.45. The summed E-state index contributed by atoms with van der Waals surface area (Å²) in [6, 6.07) is 3.89. The Bertz CT molecular complexity index is 378. The molecular formula is C9H7BrINO. The molecule has 0 saturated carbocycles. The Hall–Kier alpha value is -0.100. The smallest absolute Gasteiger partial charge is 0.166 e. The van der Waals surface area contributed by atoms with Gasteiger partial charge in [0.05, 0.1) is 5.69 Å². The molecule has 1 N–H and O–H groups in total. The summed E-state index contributed by atoms with van der Waals surface area (Å²) in [6.07, 6.45) is 0.597. The Morgan fingerprint density at radius 1 is 1.46 bits per heavy atom. The summed E-state index contributed by atoms with van der Waals surface area (Å²) >= 11 is 5.62. The van der Waals surface area contributed by atoms with Crippen molar-refractivity contribution in [3.63, 3.8) is 0 Å². The van der Waals surface area contributed by atoms with Crippen LogP contribution >= 0.6 is 38.5 Å². The van der Waals surface area contributed by atoms with Crippen molar-refractivity contribution in [2.45, 2.75) is 6.42 Å². The summed E-state index contributed by atoms with van der Waals surface area (Å²) in [7, 11) is 0. The van der Waals surface area contributed by atoms with E-state index in [9.17, 15) is 4.79 Å². The predicted octanol–water partition coefficient (Wildman–Crippen LogP) is 3.05. The molecule has 1 aromatic rings. The van der Waals surface area contributed by atoms with Gasteiger partial charge in [-0.3, -0.25) is 4.79 Å². The lowest BCUT2D eigenvalue weighted by atomic mass is 10.0. The molecule has 2 rings (SSSR count). The lowest BCUT2D eigenvalue weighted by Gasteiger charge is -2.18. The van der Waals surface area contributed by atoms with E-state index in [0.717, 1.165) is 25.8 Å². The first-order valence-corrected chi connectivity index (χ1v) is 5.82. The van der Waals surface area contributed by atoms with E-state index < -0.39 is 0 Å². The van der Waals surface area contributed by atoms with E-state index in [2.05, 4.69) is 43.8 Å². The van der Waals surface area contributed by atoms with Crippen molar-refractivity contribution in [3.05, 3.63) is 25.7 Å². The van der Waals surface area contributed by atoms with Gasteiger partial charge in [-0.15, -0.1) is 0 Å². The van der Waals surface area contributed by atoms with Gasteiger partial charge in [0, 0.05) is 26.6 Å². The standard InChI is InChI=1S/C9H7BrINO/c10-5-3-6-8(13)1-2-12-9(6)7(11)4-5/h3-4,12H,1-2H2. The van der Waals surface area contributed by atoms with Gasteiger partial charge in [0.1, 0.15) is 0 Å². The predicted molar refractivity (Wildman–Crippen MR) is 64.3 cm³/mol. The van der Waals surface area contributed by atoms with Crippen molar-refractivity contribution in [2.24, 2.45) is 0 Å². The number of hydrogen-bond acceptors (Lipinski definition) is 2. The van der Waals surface area contributed by atoms with Gasteiger partial charge in [0.25, 0.3) is 0 Å². The van der Waals surface area contributed by atoms with Crippen molar-refractivity contribution in [2.75, 3.05) is 11.9 Å². The van der Waals surface area contributed by atoms with Crippen LogP contribution in [0, 0.1) is 3.57 Å². The summed E-state index contributed by atoms with van der Waals surface area (Å²) in [4.78, 5) is 11.5. The zero-order valence-corrected chi connectivity index (χ0v) is 10.5. The molecule has 0 aromatic heterocycles. The Kier molecular flexibility index (Phi) is 2.60. The molecule has 1 aromatic carbocycles. The van der Waals surface area contributed by atoms with Crippen LogP contribution in [-0.2, 0) is 0 Å². The normalized spacial score (nSPS) is 15.1. The Morgan fingerprint density at radius 2 is 2.23 bits per heavy atom. The van der Waals surface area contributed by atoms with Gasteiger partial charge in [0.2, 0.25) is 0 Å². The van der Waals surface area contributed by atoms with Crippen LogP contribution in [0.5, 0.6) is 0 Å². The highest BCUT2D eigenvalue weighted by atomic mass is 127. The maximum atomic E-state index is 11.5. The monoisotopic (exact) mass is 351 g/mol. The van der Waals surface area contributed by atoms with Gasteiger partial charge in [-0.05, 0) is 34.7 Å². The summed E-state index contributed by atoms with van der Waals surface area (Å²) in [5, 5.41) is 3.24. The van der Waals surface area contributed by atoms with Gasteiger partial charge in [0.15, 0.2) is 5.78 Å². The molecule has 0 aliphatic carbocycles. The van der Waals surface area contributed by atoms with E-state index in [1.807, 2.05) is 12.1 Å². The number of fused-ring (bicyclic) bond motifs is 1. The largest absolute Gasteiger partial charge is 0.383 e. The summed E-state index contributed by atoms with van der Waals surface area (Å²) in [5.41, 5.74) is 1.80. The minimum Gasteiger partial charge on any atom is -0.383 e. The quantitative estimate of drug-likeness (QED) is 0.728. The molecule has 0 unspecified atom stereocenters. The minimum atomic E-state index is 0.230. The van der Waals surface area contributed by atoms with E-state index in [1.165, 1.54) is 0 Å². The topological polar surface area (TPSA) is 29.1 Å². The van der Waals surface area contributed by atoms with Crippen LogP contribution in [0.4, 0.5) is 5.69 Å². The SMILES string of the molecule is O=C1CCNc2c(I)cc(Br)cc21. The van der Waals surface area contributed by atoms with Crippen molar-refractivity contribution in [1.29, 1.82) is 0 Å². The van der Waals surface area contributed by atoms with Crippen molar-refractivity contribution in [1.82, 2.24) is 0 Å². The van der Waals surface area contributed by atoms with Crippen molar-refractivity contribution >= 4 is 50.0 Å². The fourth-order valence-electron chi connectivity index (χ4n) is 1.41. The van der Waals surface area contributed by atoms with Crippen LogP contribution in [0.3, 0.4) is 0 Å². The van der Waals surface area contributed by atoms with Gasteiger partial charge < -0.3 is 5.32 Å². The fourth-order valence-corrected chi connectivity index (χ4v) is 3.11. The second-order valence-electron chi connectivity index (χ2n) is 2.91. The molecule has 0 fully saturated rings. The lowest BCUT2D eigenvalue weighted by Crippen LogP contribution is -2.18. The molecule has 1 heterocycles. The third-order valence-corrected chi connectivity index (χ3v) is 3.32. The number of anilines is 1. The molecule has 0 spiro atoms. The van der Waals surface area contributed by atoms with Crippen molar-refractivity contribution in [3.8, 4) is 0 Å². The van der Waals surface area contributed by atoms with Gasteiger partial charge in [-0.2, -0.15) is 0 Å². The molecule has 0 bridgehead atoms. The number of carbonyl (C=O) groups is 1. The highest BCUT2D eigenvalue weighted by Crippen LogP contribution is 2.30. The number of benzene rings is 1. The Balaban J connectivity index is 2.63. The molecule has 0 radical (unpaired) electrons. The maximum absolute atomic E-state index is 11.5. The van der Waals surface area contributed by atoms with Gasteiger partial charge >= 0.3 is 0 Å². The van der Waals surface area contributed by atoms with Crippen molar-refractivity contribution < 1.29 is 4.79 Å². The zero-order chi connectivity index (χ0) is 9.42. The molecule has 1 aliphatic heterocycles. The highest BCUT2D eigenvalue weighted by Gasteiger charge is 2.19. The van der Waals surface area contributed by atoms with E-state index >= 15 is 0 Å². The number of nitrogens with one attached hydrogen (secondary N) is 1. The molecule has 1 aliphatic rings. The summed E-state index contributed by atoms with van der Waals surface area (Å²) in [6.45, 7) is 0.753. The van der Waals surface area contributed by atoms with E-state index in [0.29, 0.717) is 6.42 Å². The number of rotatable bonds is 0. The molecule has 0 amide bonds. The number of Topliss-reactive ketones (excluding diaryl/α,β-unsaturated/α-hetero) is 1. The average molecular weight is 352 g/mol. The molecule has 2 nitrogen and oxygen atoms in total. The van der Waals surface area contributed by atoms with Crippen LogP contribution in [0.15, 0.2) is 16.6 Å². The Labute approximate surface area is 98.4 Å². The van der Waals surface area contributed by atoms with Crippen LogP contribution in [-0.4, -0.2) is 12.3 Å². The van der Waals surface area contributed by atoms with Crippen LogP contribution < -0.4 is 5.32 Å². The summed E-state index contributed by atoms with van der Waals surface area (Å²) < 4.78 is 2.06. The molecular weight excluding hydrogens is 345 g/mol. The van der Waals surface area contributed by atoms with E-state index in [4.69, 9.17) is 0 Å². The first-order valence-electron chi connectivity index (χ1n) is 3.94. The molecule has 68 valence electrons. The maximum Gasteiger partial charge on any atom is 0.166 e. The molecule has 0 saturated heterocycles. The van der Waals surface area contributed by atoms with Gasteiger partial charge in [-0.1, -0.05) is 15.9 Å². The van der Waals surface area contributed by atoms with Crippen LogP contribution in [0.2, 0.25) is 0 Å². The van der Waals surface area contributed by atoms with Crippen LogP contribution in [0.1, 0.15) is 16.8 Å². The third kappa shape index (κ3) is 1.74. The van der Waals surface area contributed by atoms with Gasteiger partial charge in [-0.25, -0.2) is 0 Å². The van der Waals surface area contributed by atoms with Crippen LogP contribution in [0.25, 0.3) is 0 Å². The number of hydrogen-bond donors (Lipinski definition) is 1. The van der Waals surface area contributed by atoms with E-state index in [-0.39, 0.29) is 5.78 Å². The lowest BCUT2D eigenvalue weighted by molar-refractivity contribution is 0.0983. The molecule has 0 atom stereocenters. The highest BCUT2D eigenvalue weighted by molar-refractivity contribution is 14.1. The fraction of sp³-hybridized carbons (Fsp3) is 0.222. The second-order valence-corrected chi connectivity index (χ2v) is 4.99. The number of carbonyl (C=O) groups excluding carboxylic acids is 1. The minimum absolute atomic E-state index is 0.230. The molecule has 4 heteroatoms. The Morgan fingerprint density at radius 3 is 3.00 bits per heavy atom. The number of ketones is 1. The summed E-state index contributed by atoms with van der Waals surface area (Å²) in [5.74, 6) is 0.230. The number of halogens is 2. The molecule has 13 heavy (non-hydrogen) atoms. The third-order valence-electron chi connectivity index (χ3n) is 2.01. The average Bonchev–Trinajstić information content (AvgIpc) is 2.07. The first-order chi connectivity index (χ1) is 6.18. The zero-order valence-electron chi connectivity index (χ0n) is 6.73. The van der Waals surface area contributed by atoms with E-state index in [1.54, 1.807) is 0 Å². The second kappa shape index (κ2) is 3.57.